The molecule has 0 radical (unpaired) electrons. The molecule has 0 bridgehead atoms. The standard InChI is InChI=1S/C76H122O6/c1-4-7-10-13-16-19-22-25-28-31-33-34-35-36-37-38-39-40-41-42-43-46-48-51-54-57-60-63-66-69-75(78)81-72-73(71-80-74(77)68-65-62-59-56-53-50-47-44-30-27-24-21-18-15-12-9-6-3)82-76(79)70-67-64-61-58-55-52-49-45-32-29-26-23-20-17-14-11-8-5-2/h7,9-10,12,16,18-21,23,25,27-30,32-34,36-37,39-40,42-43,47,50,73H,4-6,8,11,13-15,17,22,24,26,31,35,38,41,44-46,48-49,51-72H2,1-3H3/b10-7-,12-9-,19-16-,21-18-,23-20-,28-25-,30-27-,32-29-,34-33-,37-36-,40-39-,43-42-,50-47-. The molecule has 0 saturated carbocycles. The van der Waals surface area contributed by atoms with Gasteiger partial charge in [-0.1, -0.05) is 275 Å². The van der Waals surface area contributed by atoms with Crippen LogP contribution in [0.3, 0.4) is 0 Å². The lowest BCUT2D eigenvalue weighted by atomic mass is 10.1. The second-order valence-electron chi connectivity index (χ2n) is 21.6. The van der Waals surface area contributed by atoms with E-state index in [2.05, 4.69) is 179 Å². The van der Waals surface area contributed by atoms with Crippen molar-refractivity contribution in [3.8, 4) is 0 Å². The second-order valence-corrected chi connectivity index (χ2v) is 21.6. The summed E-state index contributed by atoms with van der Waals surface area (Å²) in [6.07, 6.45) is 99.6. The van der Waals surface area contributed by atoms with Gasteiger partial charge >= 0.3 is 17.9 Å². The van der Waals surface area contributed by atoms with Gasteiger partial charge in [-0.3, -0.25) is 14.4 Å². The molecule has 0 amide bonds. The summed E-state index contributed by atoms with van der Waals surface area (Å²) in [5.41, 5.74) is 0. The molecular weight excluding hydrogens is 1010 g/mol. The molecule has 0 fully saturated rings. The Morgan fingerprint density at radius 2 is 0.476 bits per heavy atom. The molecule has 1 atom stereocenters. The predicted octanol–water partition coefficient (Wildman–Crippen LogP) is 23.3. The van der Waals surface area contributed by atoms with Crippen molar-refractivity contribution in [2.24, 2.45) is 0 Å². The predicted molar refractivity (Wildman–Crippen MR) is 357 cm³/mol. The molecule has 462 valence electrons. The van der Waals surface area contributed by atoms with Crippen LogP contribution in [0.5, 0.6) is 0 Å². The third kappa shape index (κ3) is 65.8. The normalized spacial score (nSPS) is 13.2. The number of unbranched alkanes of at least 4 members (excludes halogenated alkanes) is 22. The molecule has 0 aliphatic rings. The van der Waals surface area contributed by atoms with Gasteiger partial charge in [0.15, 0.2) is 6.10 Å². The molecule has 0 aromatic rings. The van der Waals surface area contributed by atoms with Crippen molar-refractivity contribution in [3.05, 3.63) is 158 Å². The summed E-state index contributed by atoms with van der Waals surface area (Å²) in [5.74, 6) is -0.943. The molecule has 6 heteroatoms. The fraction of sp³-hybridized carbons (Fsp3) is 0.618. The van der Waals surface area contributed by atoms with Crippen LogP contribution in [-0.2, 0) is 28.6 Å². The zero-order chi connectivity index (χ0) is 59.2. The number of ether oxygens (including phenoxy) is 3. The third-order valence-corrected chi connectivity index (χ3v) is 13.7. The Bertz CT molecular complexity index is 1830. The van der Waals surface area contributed by atoms with Crippen LogP contribution in [0.25, 0.3) is 0 Å². The number of carbonyl (C=O) groups is 3. The van der Waals surface area contributed by atoms with E-state index < -0.39 is 6.10 Å². The molecule has 0 N–H and O–H groups in total. The van der Waals surface area contributed by atoms with E-state index in [1.165, 1.54) is 83.5 Å². The van der Waals surface area contributed by atoms with Gasteiger partial charge in [0.2, 0.25) is 0 Å². The van der Waals surface area contributed by atoms with Crippen LogP contribution in [0.4, 0.5) is 0 Å². The van der Waals surface area contributed by atoms with E-state index >= 15 is 0 Å². The second kappa shape index (κ2) is 68.5. The van der Waals surface area contributed by atoms with Gasteiger partial charge in [-0.25, -0.2) is 0 Å². The summed E-state index contributed by atoms with van der Waals surface area (Å²) in [6.45, 7) is 6.37. The van der Waals surface area contributed by atoms with Crippen molar-refractivity contribution in [2.45, 2.75) is 290 Å². The van der Waals surface area contributed by atoms with Crippen LogP contribution in [0.1, 0.15) is 284 Å². The summed E-state index contributed by atoms with van der Waals surface area (Å²) in [6, 6.07) is 0. The number of carbonyl (C=O) groups excluding carboxylic acids is 3. The Labute approximate surface area is 505 Å². The third-order valence-electron chi connectivity index (χ3n) is 13.7. The van der Waals surface area contributed by atoms with Gasteiger partial charge in [0.25, 0.3) is 0 Å². The first-order chi connectivity index (χ1) is 40.5. The van der Waals surface area contributed by atoms with Crippen molar-refractivity contribution in [1.29, 1.82) is 0 Å². The first kappa shape index (κ1) is 77.0. The molecule has 0 saturated heterocycles. The van der Waals surface area contributed by atoms with Crippen molar-refractivity contribution < 1.29 is 28.6 Å². The van der Waals surface area contributed by atoms with Crippen molar-refractivity contribution >= 4 is 17.9 Å². The summed E-state index contributed by atoms with van der Waals surface area (Å²) in [5, 5.41) is 0. The van der Waals surface area contributed by atoms with E-state index in [0.717, 1.165) is 161 Å². The van der Waals surface area contributed by atoms with Crippen LogP contribution in [0.2, 0.25) is 0 Å². The summed E-state index contributed by atoms with van der Waals surface area (Å²) >= 11 is 0. The maximum atomic E-state index is 12.9. The molecule has 0 aliphatic heterocycles. The van der Waals surface area contributed by atoms with Crippen molar-refractivity contribution in [1.82, 2.24) is 0 Å². The van der Waals surface area contributed by atoms with Gasteiger partial charge in [0.1, 0.15) is 13.2 Å². The lowest BCUT2D eigenvalue weighted by Crippen LogP contribution is -2.30. The van der Waals surface area contributed by atoms with E-state index in [-0.39, 0.29) is 31.1 Å². The van der Waals surface area contributed by atoms with Gasteiger partial charge in [0, 0.05) is 19.3 Å². The molecule has 6 nitrogen and oxygen atoms in total. The van der Waals surface area contributed by atoms with E-state index in [0.29, 0.717) is 19.3 Å². The maximum absolute atomic E-state index is 12.9. The minimum absolute atomic E-state index is 0.101. The Kier molecular flexibility index (Phi) is 64.4. The minimum Gasteiger partial charge on any atom is -0.462 e. The first-order valence-electron chi connectivity index (χ1n) is 33.5. The van der Waals surface area contributed by atoms with Crippen molar-refractivity contribution in [3.63, 3.8) is 0 Å². The van der Waals surface area contributed by atoms with Crippen LogP contribution < -0.4 is 0 Å². The highest BCUT2D eigenvalue weighted by molar-refractivity contribution is 5.71. The van der Waals surface area contributed by atoms with Crippen LogP contribution >= 0.6 is 0 Å². The van der Waals surface area contributed by atoms with E-state index in [9.17, 15) is 14.4 Å². The largest absolute Gasteiger partial charge is 0.462 e. The molecule has 82 heavy (non-hydrogen) atoms. The number of esters is 3. The molecule has 0 aromatic heterocycles. The number of hydrogen-bond donors (Lipinski definition) is 0. The SMILES string of the molecule is CC/C=C\C/C=C\C/C=C\C/C=C\C/C=C\C/C=C\C/C=C\CCCCCCCCCC(=O)OCC(COC(=O)CCCCCC/C=C\C/C=C\C/C=C\C/C=C\CC)OC(=O)CCCCCCCCC/C=C\C/C=C\CCCCCC. The Balaban J connectivity index is 4.43. The highest BCUT2D eigenvalue weighted by Gasteiger charge is 2.19. The fourth-order valence-electron chi connectivity index (χ4n) is 8.80. The molecule has 1 unspecified atom stereocenters. The lowest BCUT2D eigenvalue weighted by molar-refractivity contribution is -0.167. The number of allylic oxidation sites excluding steroid dienone is 26. The number of rotatable bonds is 59. The summed E-state index contributed by atoms with van der Waals surface area (Å²) in [7, 11) is 0. The monoisotopic (exact) mass is 1130 g/mol. The highest BCUT2D eigenvalue weighted by Crippen LogP contribution is 2.15. The molecule has 0 heterocycles. The zero-order valence-corrected chi connectivity index (χ0v) is 52.9. The zero-order valence-electron chi connectivity index (χ0n) is 52.9. The fourth-order valence-corrected chi connectivity index (χ4v) is 8.80. The topological polar surface area (TPSA) is 78.9 Å². The van der Waals surface area contributed by atoms with Gasteiger partial charge < -0.3 is 14.2 Å². The Morgan fingerprint density at radius 3 is 0.744 bits per heavy atom. The smallest absolute Gasteiger partial charge is 0.306 e. The van der Waals surface area contributed by atoms with Gasteiger partial charge in [-0.15, -0.1) is 0 Å². The Hall–Kier alpha value is -4.97. The highest BCUT2D eigenvalue weighted by atomic mass is 16.6. The molecule has 0 aromatic carbocycles. The van der Waals surface area contributed by atoms with Gasteiger partial charge in [-0.05, 0) is 148 Å². The minimum atomic E-state index is -0.807. The molecule has 0 aliphatic carbocycles. The maximum Gasteiger partial charge on any atom is 0.306 e. The van der Waals surface area contributed by atoms with E-state index in [1.54, 1.807) is 0 Å². The van der Waals surface area contributed by atoms with Crippen molar-refractivity contribution in [2.75, 3.05) is 13.2 Å². The Morgan fingerprint density at radius 1 is 0.256 bits per heavy atom. The summed E-state index contributed by atoms with van der Waals surface area (Å²) < 4.78 is 16.9. The van der Waals surface area contributed by atoms with Gasteiger partial charge in [0.05, 0.1) is 0 Å². The van der Waals surface area contributed by atoms with E-state index in [4.69, 9.17) is 14.2 Å². The van der Waals surface area contributed by atoms with Crippen LogP contribution in [0.15, 0.2) is 158 Å². The average Bonchev–Trinajstić information content (AvgIpc) is 3.47. The molecule has 0 spiro atoms. The van der Waals surface area contributed by atoms with Crippen LogP contribution in [-0.4, -0.2) is 37.2 Å². The summed E-state index contributed by atoms with van der Waals surface area (Å²) in [4.78, 5) is 38.4. The van der Waals surface area contributed by atoms with E-state index in [1.807, 2.05) is 0 Å². The molecular formula is C76H122O6. The lowest BCUT2D eigenvalue weighted by Gasteiger charge is -2.18. The van der Waals surface area contributed by atoms with Crippen LogP contribution in [0, 0.1) is 0 Å². The number of hydrogen-bond acceptors (Lipinski definition) is 6. The average molecular weight is 1130 g/mol. The van der Waals surface area contributed by atoms with Gasteiger partial charge in [-0.2, -0.15) is 0 Å². The molecule has 0 rings (SSSR count). The quantitative estimate of drug-likeness (QED) is 0.0261. The first-order valence-corrected chi connectivity index (χ1v) is 33.5.